The first-order chi connectivity index (χ1) is 10.2. The highest BCUT2D eigenvalue weighted by atomic mass is 16.5. The standard InChI is InChI=1S/C12H20N6O3/c1-13-10-14-11(17-2-4-21-5-3-17)16-12(15-10)18-6-8(19)9(20)7-18/h8-9,19-20H,2-7H2,1H3,(H,13,14,15,16). The molecule has 3 heterocycles. The zero-order chi connectivity index (χ0) is 14.8. The normalized spacial score (nSPS) is 26.2. The molecule has 116 valence electrons. The summed E-state index contributed by atoms with van der Waals surface area (Å²) in [5.74, 6) is 1.52. The second kappa shape index (κ2) is 5.96. The van der Waals surface area contributed by atoms with E-state index in [4.69, 9.17) is 4.74 Å². The number of morpholine rings is 1. The molecule has 1 aromatic rings. The van der Waals surface area contributed by atoms with E-state index in [0.717, 1.165) is 13.1 Å². The van der Waals surface area contributed by atoms with E-state index in [1.165, 1.54) is 0 Å². The second-order valence-electron chi connectivity index (χ2n) is 5.15. The molecule has 3 rings (SSSR count). The van der Waals surface area contributed by atoms with Crippen molar-refractivity contribution in [2.45, 2.75) is 12.2 Å². The average molecular weight is 296 g/mol. The van der Waals surface area contributed by atoms with Crippen molar-refractivity contribution in [3.05, 3.63) is 0 Å². The van der Waals surface area contributed by atoms with Gasteiger partial charge in [-0.3, -0.25) is 0 Å². The third kappa shape index (κ3) is 2.99. The van der Waals surface area contributed by atoms with Crippen molar-refractivity contribution in [2.75, 3.05) is 61.6 Å². The maximum atomic E-state index is 9.67. The molecule has 21 heavy (non-hydrogen) atoms. The fraction of sp³-hybridized carbons (Fsp3) is 0.750. The Balaban J connectivity index is 1.86. The van der Waals surface area contributed by atoms with Gasteiger partial charge in [-0.1, -0.05) is 0 Å². The Kier molecular flexibility index (Phi) is 4.04. The molecule has 3 N–H and O–H groups in total. The van der Waals surface area contributed by atoms with Gasteiger partial charge in [0.1, 0.15) is 0 Å². The molecular weight excluding hydrogens is 276 g/mol. The van der Waals surface area contributed by atoms with Crippen LogP contribution in [0.15, 0.2) is 0 Å². The molecule has 9 heteroatoms. The van der Waals surface area contributed by atoms with E-state index < -0.39 is 12.2 Å². The summed E-state index contributed by atoms with van der Waals surface area (Å²) in [4.78, 5) is 17.0. The number of hydrogen-bond donors (Lipinski definition) is 3. The summed E-state index contributed by atoms with van der Waals surface area (Å²) in [6, 6.07) is 0. The van der Waals surface area contributed by atoms with Crippen LogP contribution in [0, 0.1) is 0 Å². The van der Waals surface area contributed by atoms with Gasteiger partial charge in [-0.25, -0.2) is 0 Å². The van der Waals surface area contributed by atoms with E-state index in [0.29, 0.717) is 44.1 Å². The highest BCUT2D eigenvalue weighted by Crippen LogP contribution is 2.21. The van der Waals surface area contributed by atoms with Crippen LogP contribution >= 0.6 is 0 Å². The SMILES string of the molecule is CNc1nc(N2CCOCC2)nc(N2CC(O)C(O)C2)n1. The van der Waals surface area contributed by atoms with Gasteiger partial charge in [0, 0.05) is 33.2 Å². The average Bonchev–Trinajstić information content (AvgIpc) is 2.87. The van der Waals surface area contributed by atoms with Crippen LogP contribution in [0.4, 0.5) is 17.8 Å². The van der Waals surface area contributed by atoms with E-state index in [-0.39, 0.29) is 0 Å². The van der Waals surface area contributed by atoms with Gasteiger partial charge >= 0.3 is 0 Å². The monoisotopic (exact) mass is 296 g/mol. The molecule has 2 unspecified atom stereocenters. The van der Waals surface area contributed by atoms with Crippen LogP contribution in [-0.4, -0.2) is 83.8 Å². The molecule has 2 atom stereocenters. The topological polar surface area (TPSA) is 107 Å². The van der Waals surface area contributed by atoms with Crippen LogP contribution < -0.4 is 15.1 Å². The quantitative estimate of drug-likeness (QED) is 0.601. The molecule has 0 bridgehead atoms. The Labute approximate surface area is 122 Å². The van der Waals surface area contributed by atoms with Gasteiger partial charge in [-0.05, 0) is 0 Å². The third-order valence-corrected chi connectivity index (χ3v) is 3.67. The zero-order valence-corrected chi connectivity index (χ0v) is 11.9. The van der Waals surface area contributed by atoms with E-state index >= 15 is 0 Å². The lowest BCUT2D eigenvalue weighted by atomic mass is 10.3. The van der Waals surface area contributed by atoms with Crippen LogP contribution in [0.25, 0.3) is 0 Å². The van der Waals surface area contributed by atoms with Crippen molar-refractivity contribution in [1.29, 1.82) is 0 Å². The maximum absolute atomic E-state index is 9.67. The largest absolute Gasteiger partial charge is 0.388 e. The fourth-order valence-electron chi connectivity index (χ4n) is 2.44. The van der Waals surface area contributed by atoms with Crippen LogP contribution in [0.2, 0.25) is 0 Å². The summed E-state index contributed by atoms with van der Waals surface area (Å²) in [5, 5.41) is 22.3. The number of β-amino-alcohol motifs (C(OH)–C–C–N with tert-alkyl or cyclic N) is 2. The lowest BCUT2D eigenvalue weighted by molar-refractivity contribution is 0.0572. The van der Waals surface area contributed by atoms with Gasteiger partial charge in [0.2, 0.25) is 17.8 Å². The van der Waals surface area contributed by atoms with Gasteiger partial charge in [0.05, 0.1) is 25.4 Å². The number of anilines is 3. The zero-order valence-electron chi connectivity index (χ0n) is 11.9. The van der Waals surface area contributed by atoms with Gasteiger partial charge in [-0.15, -0.1) is 0 Å². The number of ether oxygens (including phenoxy) is 1. The number of aliphatic hydroxyl groups excluding tert-OH is 2. The van der Waals surface area contributed by atoms with E-state index in [2.05, 4.69) is 20.3 Å². The highest BCUT2D eigenvalue weighted by Gasteiger charge is 2.32. The Hall–Kier alpha value is -1.71. The molecule has 0 aromatic carbocycles. The Morgan fingerprint density at radius 1 is 1.00 bits per heavy atom. The molecule has 0 amide bonds. The van der Waals surface area contributed by atoms with E-state index in [1.54, 1.807) is 11.9 Å². The van der Waals surface area contributed by atoms with E-state index in [9.17, 15) is 10.2 Å². The van der Waals surface area contributed by atoms with Crippen molar-refractivity contribution < 1.29 is 14.9 Å². The number of hydrogen-bond acceptors (Lipinski definition) is 9. The van der Waals surface area contributed by atoms with Gasteiger partial charge in [0.15, 0.2) is 0 Å². The smallest absolute Gasteiger partial charge is 0.232 e. The molecule has 2 aliphatic heterocycles. The Bertz CT molecular complexity index is 486. The lowest BCUT2D eigenvalue weighted by Gasteiger charge is -2.27. The molecule has 2 aliphatic rings. The maximum Gasteiger partial charge on any atom is 0.232 e. The van der Waals surface area contributed by atoms with Gasteiger partial charge in [0.25, 0.3) is 0 Å². The van der Waals surface area contributed by atoms with Crippen molar-refractivity contribution in [1.82, 2.24) is 15.0 Å². The minimum atomic E-state index is -0.772. The molecular formula is C12H20N6O3. The molecule has 0 saturated carbocycles. The summed E-state index contributed by atoms with van der Waals surface area (Å²) >= 11 is 0. The van der Waals surface area contributed by atoms with Crippen LogP contribution in [0.5, 0.6) is 0 Å². The molecule has 0 spiro atoms. The first kappa shape index (κ1) is 14.2. The summed E-state index contributed by atoms with van der Waals surface area (Å²) in [6.45, 7) is 3.40. The van der Waals surface area contributed by atoms with Crippen LogP contribution in [0.1, 0.15) is 0 Å². The van der Waals surface area contributed by atoms with Crippen molar-refractivity contribution in [3.8, 4) is 0 Å². The number of aromatic nitrogens is 3. The fourth-order valence-corrected chi connectivity index (χ4v) is 2.44. The third-order valence-electron chi connectivity index (χ3n) is 3.67. The van der Waals surface area contributed by atoms with Crippen LogP contribution in [-0.2, 0) is 4.74 Å². The van der Waals surface area contributed by atoms with Gasteiger partial charge < -0.3 is 30.1 Å². The first-order valence-corrected chi connectivity index (χ1v) is 7.05. The molecule has 9 nitrogen and oxygen atoms in total. The predicted octanol–water partition coefficient (Wildman–Crippen LogP) is -1.71. The summed E-state index contributed by atoms with van der Waals surface area (Å²) in [7, 11) is 1.75. The molecule has 0 aliphatic carbocycles. The summed E-state index contributed by atoms with van der Waals surface area (Å²) in [5.41, 5.74) is 0. The second-order valence-corrected chi connectivity index (χ2v) is 5.15. The highest BCUT2D eigenvalue weighted by molar-refractivity contribution is 5.46. The van der Waals surface area contributed by atoms with E-state index in [1.807, 2.05) is 4.90 Å². The molecule has 2 fully saturated rings. The Morgan fingerprint density at radius 2 is 1.57 bits per heavy atom. The number of aliphatic hydroxyl groups is 2. The van der Waals surface area contributed by atoms with Crippen molar-refractivity contribution >= 4 is 17.8 Å². The number of nitrogens with zero attached hydrogens (tertiary/aromatic N) is 5. The first-order valence-electron chi connectivity index (χ1n) is 7.05. The Morgan fingerprint density at radius 3 is 2.14 bits per heavy atom. The minimum absolute atomic E-state index is 0.316. The minimum Gasteiger partial charge on any atom is -0.388 e. The lowest BCUT2D eigenvalue weighted by Crippen LogP contribution is -2.38. The van der Waals surface area contributed by atoms with Crippen LogP contribution in [0.3, 0.4) is 0 Å². The van der Waals surface area contributed by atoms with Gasteiger partial charge in [-0.2, -0.15) is 15.0 Å². The number of nitrogens with one attached hydrogen (secondary N) is 1. The summed E-state index contributed by atoms with van der Waals surface area (Å²) in [6.07, 6.45) is -1.54. The van der Waals surface area contributed by atoms with Crippen molar-refractivity contribution in [3.63, 3.8) is 0 Å². The predicted molar refractivity (Wildman–Crippen MR) is 76.6 cm³/mol. The molecule has 1 aromatic heterocycles. The van der Waals surface area contributed by atoms with Crippen molar-refractivity contribution in [2.24, 2.45) is 0 Å². The molecule has 2 saturated heterocycles. The molecule has 0 radical (unpaired) electrons. The number of rotatable bonds is 3. The summed E-state index contributed by atoms with van der Waals surface area (Å²) < 4.78 is 5.33.